The van der Waals surface area contributed by atoms with Crippen LogP contribution < -0.4 is 10.6 Å². The van der Waals surface area contributed by atoms with Gasteiger partial charge in [0.15, 0.2) is 0 Å². The summed E-state index contributed by atoms with van der Waals surface area (Å²) in [6, 6.07) is 24.8. The maximum absolute atomic E-state index is 12.4. The Morgan fingerprint density at radius 3 is 2.15 bits per heavy atom. The molecule has 3 aromatic rings. The molecule has 3 N–H and O–H groups in total. The van der Waals surface area contributed by atoms with Crippen LogP contribution in [0.3, 0.4) is 0 Å². The van der Waals surface area contributed by atoms with Crippen LogP contribution in [0.25, 0.3) is 11.1 Å². The second kappa shape index (κ2) is 11.4. The van der Waals surface area contributed by atoms with Crippen molar-refractivity contribution in [2.75, 3.05) is 19.9 Å². The number of hydrogen-bond acceptors (Lipinski definition) is 5. The maximum atomic E-state index is 12.4. The van der Waals surface area contributed by atoms with Gasteiger partial charge in [0.1, 0.15) is 12.6 Å². The van der Waals surface area contributed by atoms with E-state index < -0.39 is 18.1 Å². The van der Waals surface area contributed by atoms with Gasteiger partial charge in [0.2, 0.25) is 0 Å². The molecule has 0 unspecified atom stereocenters. The van der Waals surface area contributed by atoms with E-state index in [1.165, 1.54) is 0 Å². The van der Waals surface area contributed by atoms with Gasteiger partial charge in [0.05, 0.1) is 13.3 Å². The molecule has 0 radical (unpaired) electrons. The number of alkyl carbamates (subject to hydrolysis) is 1. The van der Waals surface area contributed by atoms with Crippen molar-refractivity contribution in [3.05, 3.63) is 95.6 Å². The summed E-state index contributed by atoms with van der Waals surface area (Å²) in [4.78, 5) is 24.0. The lowest BCUT2D eigenvalue weighted by Gasteiger charge is -2.17. The minimum absolute atomic E-state index is 0.0788. The second-order valence-electron chi connectivity index (χ2n) is 8.13. The van der Waals surface area contributed by atoms with E-state index >= 15 is 0 Å². The number of carbonyl (C=O) groups is 2. The van der Waals surface area contributed by atoms with Crippen LogP contribution in [0.2, 0.25) is 0 Å². The third-order valence-electron chi connectivity index (χ3n) is 5.86. The predicted molar refractivity (Wildman–Crippen MR) is 128 cm³/mol. The van der Waals surface area contributed by atoms with E-state index in [0.29, 0.717) is 13.2 Å². The van der Waals surface area contributed by atoms with Crippen LogP contribution in [-0.2, 0) is 20.9 Å². The molecule has 0 aromatic heterocycles. The van der Waals surface area contributed by atoms with Crippen molar-refractivity contribution in [3.8, 4) is 11.1 Å². The molecule has 0 bridgehead atoms. The van der Waals surface area contributed by atoms with E-state index in [0.717, 1.165) is 27.8 Å². The Morgan fingerprint density at radius 2 is 1.50 bits per heavy atom. The van der Waals surface area contributed by atoms with Crippen molar-refractivity contribution in [3.63, 3.8) is 0 Å². The third kappa shape index (κ3) is 5.81. The van der Waals surface area contributed by atoms with E-state index in [1.54, 1.807) is 0 Å². The Morgan fingerprint density at radius 1 is 0.882 bits per heavy atom. The van der Waals surface area contributed by atoms with Crippen molar-refractivity contribution in [1.29, 1.82) is 0 Å². The van der Waals surface area contributed by atoms with Crippen LogP contribution in [0.5, 0.6) is 0 Å². The Bertz CT molecular complexity index is 1070. The van der Waals surface area contributed by atoms with Gasteiger partial charge in [-0.25, -0.2) is 9.59 Å². The van der Waals surface area contributed by atoms with E-state index in [2.05, 4.69) is 22.8 Å². The van der Waals surface area contributed by atoms with Gasteiger partial charge in [-0.2, -0.15) is 0 Å². The molecule has 1 aliphatic carbocycles. The van der Waals surface area contributed by atoms with Gasteiger partial charge in [-0.1, -0.05) is 78.9 Å². The summed E-state index contributed by atoms with van der Waals surface area (Å²) in [7, 11) is 0. The lowest BCUT2D eigenvalue weighted by atomic mass is 9.98. The molecule has 0 spiro atoms. The average Bonchev–Trinajstić information content (AvgIpc) is 3.18. The van der Waals surface area contributed by atoms with E-state index in [1.807, 2.05) is 66.7 Å². The molecular formula is C27H28N2O5. The second-order valence-corrected chi connectivity index (χ2v) is 8.13. The molecule has 0 saturated heterocycles. The Hall–Kier alpha value is -3.68. The fraction of sp³-hybridized carbons (Fsp3) is 0.259. The third-order valence-corrected chi connectivity index (χ3v) is 5.86. The number of ether oxygens (including phenoxy) is 2. The molecule has 1 amide bonds. The monoisotopic (exact) mass is 460 g/mol. The van der Waals surface area contributed by atoms with E-state index in [9.17, 15) is 14.7 Å². The van der Waals surface area contributed by atoms with Gasteiger partial charge >= 0.3 is 12.1 Å². The number of nitrogens with one attached hydrogen (secondary N) is 2. The van der Waals surface area contributed by atoms with Gasteiger partial charge in [0, 0.05) is 5.92 Å². The van der Waals surface area contributed by atoms with Crippen LogP contribution >= 0.6 is 0 Å². The predicted octanol–water partition coefficient (Wildman–Crippen LogP) is 4.13. The van der Waals surface area contributed by atoms with Crippen molar-refractivity contribution in [2.45, 2.75) is 25.0 Å². The Labute approximate surface area is 198 Å². The normalized spacial score (nSPS) is 13.1. The molecule has 176 valence electrons. The van der Waals surface area contributed by atoms with Crippen LogP contribution in [0.4, 0.5) is 4.79 Å². The summed E-state index contributed by atoms with van der Waals surface area (Å²) in [5.41, 5.74) is 5.54. The summed E-state index contributed by atoms with van der Waals surface area (Å²) in [6.45, 7) is 1.26. The highest BCUT2D eigenvalue weighted by Crippen LogP contribution is 2.44. The number of amides is 1. The van der Waals surface area contributed by atoms with Crippen LogP contribution in [0.1, 0.15) is 29.0 Å². The fourth-order valence-corrected chi connectivity index (χ4v) is 4.17. The number of carboxylic acid groups (broad SMARTS) is 1. The summed E-state index contributed by atoms with van der Waals surface area (Å²) in [6.07, 6.45) is -0.539. The molecule has 4 rings (SSSR count). The van der Waals surface area contributed by atoms with Crippen LogP contribution in [0.15, 0.2) is 78.9 Å². The van der Waals surface area contributed by atoms with Gasteiger partial charge in [-0.15, -0.1) is 0 Å². The number of carbonyl (C=O) groups excluding carboxylic acids is 1. The zero-order chi connectivity index (χ0) is 23.8. The molecule has 7 nitrogen and oxygen atoms in total. The summed E-state index contributed by atoms with van der Waals surface area (Å²) in [5, 5.41) is 15.0. The number of aliphatic carboxylic acids is 1. The highest BCUT2D eigenvalue weighted by molar-refractivity contribution is 5.81. The molecule has 0 aliphatic heterocycles. The molecular weight excluding hydrogens is 432 g/mol. The summed E-state index contributed by atoms with van der Waals surface area (Å²) < 4.78 is 11.0. The largest absolute Gasteiger partial charge is 0.480 e. The van der Waals surface area contributed by atoms with Crippen molar-refractivity contribution in [2.24, 2.45) is 0 Å². The molecule has 34 heavy (non-hydrogen) atoms. The molecule has 0 fully saturated rings. The first kappa shape index (κ1) is 23.5. The van der Waals surface area contributed by atoms with Crippen LogP contribution in [-0.4, -0.2) is 43.1 Å². The zero-order valence-electron chi connectivity index (χ0n) is 18.8. The topological polar surface area (TPSA) is 96.9 Å². The summed E-state index contributed by atoms with van der Waals surface area (Å²) in [5.74, 6) is -1.19. The Balaban J connectivity index is 1.22. The minimum Gasteiger partial charge on any atom is -0.480 e. The van der Waals surface area contributed by atoms with Gasteiger partial charge in [-0.05, 0) is 40.8 Å². The number of benzene rings is 3. The van der Waals surface area contributed by atoms with E-state index in [4.69, 9.17) is 9.47 Å². The van der Waals surface area contributed by atoms with Crippen molar-refractivity contribution in [1.82, 2.24) is 10.6 Å². The lowest BCUT2D eigenvalue weighted by molar-refractivity contribution is -0.139. The first-order chi connectivity index (χ1) is 16.6. The standard InChI is InChI=1S/C27H28N2O5/c30-26(31)25(14-15-28-18-33-16-19-8-2-1-3-9-19)29-27(32)34-17-24-22-12-6-4-10-20(22)21-11-5-7-13-23(21)24/h1-13,24-25,28H,14-18H2,(H,29,32)(H,30,31)/t25-/m1/s1. The van der Waals surface area contributed by atoms with Gasteiger partial charge < -0.3 is 19.9 Å². The smallest absolute Gasteiger partial charge is 0.407 e. The first-order valence-corrected chi connectivity index (χ1v) is 11.3. The molecule has 1 atom stereocenters. The number of fused-ring (bicyclic) bond motifs is 3. The van der Waals surface area contributed by atoms with Gasteiger partial charge in [0.25, 0.3) is 0 Å². The maximum Gasteiger partial charge on any atom is 0.407 e. The zero-order valence-corrected chi connectivity index (χ0v) is 18.8. The molecule has 7 heteroatoms. The molecule has 0 saturated carbocycles. The quantitative estimate of drug-likeness (QED) is 0.294. The highest BCUT2D eigenvalue weighted by Gasteiger charge is 2.29. The highest BCUT2D eigenvalue weighted by atomic mass is 16.5. The molecule has 1 aliphatic rings. The van der Waals surface area contributed by atoms with E-state index in [-0.39, 0.29) is 25.7 Å². The molecule has 3 aromatic carbocycles. The Kier molecular flexibility index (Phi) is 7.91. The number of carboxylic acids is 1. The fourth-order valence-electron chi connectivity index (χ4n) is 4.17. The lowest BCUT2D eigenvalue weighted by Crippen LogP contribution is -2.43. The van der Waals surface area contributed by atoms with Crippen molar-refractivity contribution < 1.29 is 24.2 Å². The number of rotatable bonds is 11. The molecule has 0 heterocycles. The number of hydrogen-bond donors (Lipinski definition) is 3. The summed E-state index contributed by atoms with van der Waals surface area (Å²) >= 11 is 0. The average molecular weight is 461 g/mol. The SMILES string of the molecule is O=C(N[C@H](CCNCOCc1ccccc1)C(=O)O)OCC1c2ccccc2-c2ccccc21. The first-order valence-electron chi connectivity index (χ1n) is 11.3. The minimum atomic E-state index is -1.11. The van der Waals surface area contributed by atoms with Crippen LogP contribution in [0, 0.1) is 0 Å². The van der Waals surface area contributed by atoms with Crippen molar-refractivity contribution >= 4 is 12.1 Å². The van der Waals surface area contributed by atoms with Gasteiger partial charge in [-0.3, -0.25) is 5.32 Å².